The zero-order valence-electron chi connectivity index (χ0n) is 8.00. The number of allylic oxidation sites excluding steroid dienone is 2. The molecular weight excluding hydrogens is 216 g/mol. The van der Waals surface area contributed by atoms with Crippen molar-refractivity contribution in [1.82, 2.24) is 10.6 Å². The van der Waals surface area contributed by atoms with Gasteiger partial charge < -0.3 is 10.6 Å². The van der Waals surface area contributed by atoms with E-state index in [0.717, 1.165) is 5.70 Å². The topological polar surface area (TPSA) is 58.2 Å². The number of carbonyl (C=O) groups excluding carboxylic acids is 2. The highest BCUT2D eigenvalue weighted by Crippen LogP contribution is 2.26. The summed E-state index contributed by atoms with van der Waals surface area (Å²) in [6.07, 6.45) is 6.00. The average molecular weight is 227 g/mol. The van der Waals surface area contributed by atoms with Crippen molar-refractivity contribution in [1.29, 1.82) is 0 Å². The molecule has 0 bridgehead atoms. The molecule has 2 unspecified atom stereocenters. The monoisotopic (exact) mass is 226 g/mol. The van der Waals surface area contributed by atoms with E-state index >= 15 is 0 Å². The van der Waals surface area contributed by atoms with Crippen molar-refractivity contribution >= 4 is 23.4 Å². The Kier molecular flexibility index (Phi) is 2.77. The summed E-state index contributed by atoms with van der Waals surface area (Å²) in [5, 5.41) is 5.52. The van der Waals surface area contributed by atoms with E-state index in [4.69, 9.17) is 11.6 Å². The maximum atomic E-state index is 11.3. The molecule has 0 radical (unpaired) electrons. The first-order chi connectivity index (χ1) is 7.20. The van der Waals surface area contributed by atoms with E-state index in [2.05, 4.69) is 10.6 Å². The minimum absolute atomic E-state index is 0.0685. The van der Waals surface area contributed by atoms with E-state index in [0.29, 0.717) is 6.42 Å². The molecule has 0 aromatic carbocycles. The van der Waals surface area contributed by atoms with Gasteiger partial charge >= 0.3 is 0 Å². The van der Waals surface area contributed by atoms with Crippen molar-refractivity contribution < 1.29 is 9.59 Å². The van der Waals surface area contributed by atoms with Crippen LogP contribution in [0.1, 0.15) is 6.42 Å². The lowest BCUT2D eigenvalue weighted by atomic mass is 9.92. The van der Waals surface area contributed by atoms with E-state index in [9.17, 15) is 9.59 Å². The van der Waals surface area contributed by atoms with Crippen molar-refractivity contribution in [3.05, 3.63) is 23.9 Å². The molecule has 2 amide bonds. The number of amides is 2. The zero-order valence-corrected chi connectivity index (χ0v) is 8.75. The van der Waals surface area contributed by atoms with Crippen LogP contribution in [0.2, 0.25) is 0 Å². The van der Waals surface area contributed by atoms with Crippen LogP contribution in [0.4, 0.5) is 0 Å². The summed E-state index contributed by atoms with van der Waals surface area (Å²) >= 11 is 5.41. The van der Waals surface area contributed by atoms with Crippen LogP contribution in [-0.2, 0) is 9.59 Å². The molecule has 0 aromatic rings. The summed E-state index contributed by atoms with van der Waals surface area (Å²) < 4.78 is 0. The lowest BCUT2D eigenvalue weighted by Crippen LogP contribution is -2.49. The summed E-state index contributed by atoms with van der Waals surface area (Å²) in [5.41, 5.74) is 0.853. The van der Waals surface area contributed by atoms with Gasteiger partial charge in [0, 0.05) is 24.1 Å². The van der Waals surface area contributed by atoms with Gasteiger partial charge in [-0.2, -0.15) is 0 Å². The number of fused-ring (bicyclic) bond motifs is 1. The van der Waals surface area contributed by atoms with Crippen molar-refractivity contribution in [3.63, 3.8) is 0 Å². The Hall–Kier alpha value is -1.29. The largest absolute Gasteiger partial charge is 0.351 e. The number of hydrogen-bond donors (Lipinski definition) is 2. The SMILES string of the molecule is O=C1CC(NC(=O)CCl)C2C=CC=C2N1. The molecule has 1 fully saturated rings. The fourth-order valence-corrected chi connectivity index (χ4v) is 1.97. The second-order valence-corrected chi connectivity index (χ2v) is 3.86. The molecule has 1 heterocycles. The van der Waals surface area contributed by atoms with Crippen LogP contribution in [0, 0.1) is 5.92 Å². The Morgan fingerprint density at radius 2 is 2.47 bits per heavy atom. The number of hydrogen-bond acceptors (Lipinski definition) is 2. The normalized spacial score (nSPS) is 28.1. The maximum Gasteiger partial charge on any atom is 0.235 e. The van der Waals surface area contributed by atoms with Gasteiger partial charge in [0.1, 0.15) is 5.88 Å². The molecule has 2 N–H and O–H groups in total. The van der Waals surface area contributed by atoms with Gasteiger partial charge in [0.2, 0.25) is 11.8 Å². The molecule has 15 heavy (non-hydrogen) atoms. The molecule has 0 saturated carbocycles. The molecule has 1 saturated heterocycles. The fraction of sp³-hybridized carbons (Fsp3) is 0.400. The van der Waals surface area contributed by atoms with Gasteiger partial charge in [0.05, 0.1) is 0 Å². The number of rotatable bonds is 2. The van der Waals surface area contributed by atoms with Crippen LogP contribution in [0.15, 0.2) is 23.9 Å². The van der Waals surface area contributed by atoms with Crippen LogP contribution in [0.25, 0.3) is 0 Å². The van der Waals surface area contributed by atoms with Crippen LogP contribution < -0.4 is 10.6 Å². The zero-order chi connectivity index (χ0) is 10.8. The second-order valence-electron chi connectivity index (χ2n) is 3.59. The first-order valence-corrected chi connectivity index (χ1v) is 5.27. The summed E-state index contributed by atoms with van der Waals surface area (Å²) in [4.78, 5) is 22.5. The van der Waals surface area contributed by atoms with Gasteiger partial charge in [-0.05, 0) is 6.08 Å². The van der Waals surface area contributed by atoms with Gasteiger partial charge in [-0.25, -0.2) is 0 Å². The van der Waals surface area contributed by atoms with Gasteiger partial charge in [-0.15, -0.1) is 11.6 Å². The van der Waals surface area contributed by atoms with Gasteiger partial charge in [0.15, 0.2) is 0 Å². The highest BCUT2D eigenvalue weighted by molar-refractivity contribution is 6.27. The lowest BCUT2D eigenvalue weighted by molar-refractivity contribution is -0.123. The Bertz CT molecular complexity index is 362. The second kappa shape index (κ2) is 4.06. The van der Waals surface area contributed by atoms with E-state index < -0.39 is 0 Å². The first-order valence-electron chi connectivity index (χ1n) is 4.74. The van der Waals surface area contributed by atoms with Gasteiger partial charge in [-0.3, -0.25) is 9.59 Å². The van der Waals surface area contributed by atoms with Crippen molar-refractivity contribution in [2.75, 3.05) is 5.88 Å². The number of halogens is 1. The quantitative estimate of drug-likeness (QED) is 0.666. The molecule has 1 aliphatic heterocycles. The minimum Gasteiger partial charge on any atom is -0.351 e. The molecule has 1 aliphatic carbocycles. The molecule has 0 spiro atoms. The Morgan fingerprint density at radius 3 is 3.20 bits per heavy atom. The maximum absolute atomic E-state index is 11.3. The van der Waals surface area contributed by atoms with Gasteiger partial charge in [0.25, 0.3) is 0 Å². The summed E-state index contributed by atoms with van der Waals surface area (Å²) in [7, 11) is 0. The van der Waals surface area contributed by atoms with Crippen LogP contribution in [-0.4, -0.2) is 23.7 Å². The summed E-state index contributed by atoms with van der Waals surface area (Å²) in [6.45, 7) is 0. The summed E-state index contributed by atoms with van der Waals surface area (Å²) in [5.74, 6) is -0.305. The molecule has 5 heteroatoms. The number of carbonyl (C=O) groups is 2. The molecule has 4 nitrogen and oxygen atoms in total. The number of nitrogens with one attached hydrogen (secondary N) is 2. The predicted molar refractivity (Wildman–Crippen MR) is 56.1 cm³/mol. The predicted octanol–water partition coefficient (Wildman–Crippen LogP) is 0.300. The number of alkyl halides is 1. The summed E-state index contributed by atoms with van der Waals surface area (Å²) in [6, 6.07) is -0.171. The lowest BCUT2D eigenvalue weighted by Gasteiger charge is -2.30. The van der Waals surface area contributed by atoms with E-state index in [1.807, 2.05) is 18.2 Å². The minimum atomic E-state index is -0.240. The number of piperidine rings is 1. The van der Waals surface area contributed by atoms with Crippen molar-refractivity contribution in [2.24, 2.45) is 5.92 Å². The fourth-order valence-electron chi connectivity index (χ4n) is 1.89. The van der Waals surface area contributed by atoms with Crippen molar-refractivity contribution in [2.45, 2.75) is 12.5 Å². The third kappa shape index (κ3) is 2.04. The van der Waals surface area contributed by atoms with Crippen LogP contribution in [0.3, 0.4) is 0 Å². The Balaban J connectivity index is 2.09. The van der Waals surface area contributed by atoms with Crippen LogP contribution in [0.5, 0.6) is 0 Å². The van der Waals surface area contributed by atoms with Gasteiger partial charge in [-0.1, -0.05) is 12.2 Å². The Labute approximate surface area is 92.4 Å². The molecular formula is C10H11ClN2O2. The van der Waals surface area contributed by atoms with E-state index in [1.165, 1.54) is 0 Å². The van der Waals surface area contributed by atoms with E-state index in [1.54, 1.807) is 0 Å². The molecule has 2 atom stereocenters. The standard InChI is InChI=1S/C10H11ClN2O2/c11-5-10(15)13-8-4-9(14)12-7-3-1-2-6(7)8/h1-3,6,8H,4-5H2,(H,12,14)(H,13,15). The third-order valence-electron chi connectivity index (χ3n) is 2.54. The van der Waals surface area contributed by atoms with Crippen molar-refractivity contribution in [3.8, 4) is 0 Å². The molecule has 80 valence electrons. The third-order valence-corrected chi connectivity index (χ3v) is 2.79. The first kappa shape index (κ1) is 10.2. The highest BCUT2D eigenvalue weighted by Gasteiger charge is 2.33. The smallest absolute Gasteiger partial charge is 0.235 e. The van der Waals surface area contributed by atoms with E-state index in [-0.39, 0.29) is 29.7 Å². The molecule has 2 aliphatic rings. The Morgan fingerprint density at radius 1 is 1.67 bits per heavy atom. The van der Waals surface area contributed by atoms with Crippen LogP contribution >= 0.6 is 11.6 Å². The average Bonchev–Trinajstić information content (AvgIpc) is 2.65. The molecule has 0 aromatic heterocycles. The highest BCUT2D eigenvalue weighted by atomic mass is 35.5. The molecule has 2 rings (SSSR count).